The maximum Gasteiger partial charge on any atom is 0.266 e. The number of amides is 5. The predicted molar refractivity (Wildman–Crippen MR) is 185 cm³/mol. The second-order valence-electron chi connectivity index (χ2n) is 12.8. The van der Waals surface area contributed by atoms with Crippen molar-refractivity contribution in [3.05, 3.63) is 95.6 Å². The van der Waals surface area contributed by atoms with Crippen molar-refractivity contribution >= 4 is 41.0 Å². The summed E-state index contributed by atoms with van der Waals surface area (Å²) in [6.07, 6.45) is 1.38. The molecule has 0 spiro atoms. The summed E-state index contributed by atoms with van der Waals surface area (Å²) in [5.74, 6) is -2.54. The molecule has 260 valence electrons. The number of aromatic hydroxyl groups is 1. The van der Waals surface area contributed by atoms with Gasteiger partial charge in [-0.2, -0.15) is 0 Å². The van der Waals surface area contributed by atoms with Gasteiger partial charge in [0, 0.05) is 37.0 Å². The molecule has 2 fully saturated rings. The number of nitrogens with zero attached hydrogens (tertiary/aromatic N) is 4. The lowest BCUT2D eigenvalue weighted by atomic mass is 9.72. The third kappa shape index (κ3) is 6.31. The highest BCUT2D eigenvalue weighted by Crippen LogP contribution is 2.39. The molecule has 4 aromatic rings. The van der Waals surface area contributed by atoms with E-state index in [9.17, 15) is 29.1 Å². The number of carbonyl (C=O) groups excluding carboxylic acids is 5. The van der Waals surface area contributed by atoms with E-state index in [1.807, 2.05) is 42.5 Å². The Morgan fingerprint density at radius 2 is 1.67 bits per heavy atom. The zero-order chi connectivity index (χ0) is 35.7. The van der Waals surface area contributed by atoms with Gasteiger partial charge in [-0.1, -0.05) is 48.5 Å². The molecule has 3 aliphatic heterocycles. The molecule has 5 N–H and O–H groups in total. The van der Waals surface area contributed by atoms with E-state index in [0.717, 1.165) is 10.5 Å². The number of benzene rings is 3. The van der Waals surface area contributed by atoms with Gasteiger partial charge >= 0.3 is 0 Å². The third-order valence-corrected chi connectivity index (χ3v) is 9.84. The number of rotatable bonds is 9. The monoisotopic (exact) mass is 689 g/mol. The van der Waals surface area contributed by atoms with Crippen molar-refractivity contribution in [3.8, 4) is 22.8 Å². The maximum absolute atomic E-state index is 13.4. The first-order chi connectivity index (χ1) is 24.6. The lowest BCUT2D eigenvalue weighted by molar-refractivity contribution is -0.136. The zero-order valence-electron chi connectivity index (χ0n) is 27.5. The number of aromatic nitrogens is 2. The van der Waals surface area contributed by atoms with E-state index in [1.165, 1.54) is 12.1 Å². The molecule has 0 saturated carbocycles. The van der Waals surface area contributed by atoms with Gasteiger partial charge in [-0.15, -0.1) is 10.2 Å². The first-order valence-corrected chi connectivity index (χ1v) is 16.6. The summed E-state index contributed by atoms with van der Waals surface area (Å²) in [7, 11) is 0. The summed E-state index contributed by atoms with van der Waals surface area (Å²) >= 11 is 0. The van der Waals surface area contributed by atoms with E-state index in [0.29, 0.717) is 49.4 Å². The van der Waals surface area contributed by atoms with Crippen molar-refractivity contribution in [1.82, 2.24) is 25.7 Å². The van der Waals surface area contributed by atoms with Crippen LogP contribution >= 0.6 is 0 Å². The first-order valence-electron chi connectivity index (χ1n) is 16.6. The molecule has 0 bridgehead atoms. The fourth-order valence-corrected chi connectivity index (χ4v) is 7.07. The van der Waals surface area contributed by atoms with E-state index in [1.54, 1.807) is 24.3 Å². The number of para-hydroxylation sites is 1. The van der Waals surface area contributed by atoms with Crippen LogP contribution in [0.1, 0.15) is 52.0 Å². The number of nitrogens with two attached hydrogens (primary N) is 1. The van der Waals surface area contributed by atoms with Crippen molar-refractivity contribution in [2.24, 2.45) is 0 Å². The molecule has 3 aromatic carbocycles. The largest absolute Gasteiger partial charge is 0.507 e. The van der Waals surface area contributed by atoms with Gasteiger partial charge in [0.1, 0.15) is 17.5 Å². The molecule has 51 heavy (non-hydrogen) atoms. The summed E-state index contributed by atoms with van der Waals surface area (Å²) in [4.78, 5) is 66.9. The minimum atomic E-state index is -1.11. The van der Waals surface area contributed by atoms with Gasteiger partial charge in [-0.25, -0.2) is 0 Å². The number of phenolic OH excluding ortho intramolecular Hbond substituents is 1. The summed E-state index contributed by atoms with van der Waals surface area (Å²) in [6.45, 7) is 1.11. The minimum absolute atomic E-state index is 0.00538. The highest BCUT2D eigenvalue weighted by molar-refractivity contribution is 6.24. The fourth-order valence-electron chi connectivity index (χ4n) is 7.07. The number of hydrogen-bond donors (Lipinski definition) is 4. The molecule has 5 amide bonds. The Bertz CT molecular complexity index is 2050. The minimum Gasteiger partial charge on any atom is -0.507 e. The molecule has 14 nitrogen and oxygen atoms in total. The number of piperidine rings is 2. The van der Waals surface area contributed by atoms with Crippen molar-refractivity contribution < 1.29 is 33.8 Å². The number of imide groups is 2. The van der Waals surface area contributed by atoms with Crippen LogP contribution in [-0.4, -0.2) is 82.0 Å². The van der Waals surface area contributed by atoms with E-state index in [4.69, 9.17) is 10.5 Å². The SMILES string of the molecule is Nc1nnc(-c2ccccc2O)cc1N1CCC(CNC(=O)COc2cccc3c2C(=O)N(C2CCC(=O)NC2=O)C3=O)(c2ccccc2)CC1. The smallest absolute Gasteiger partial charge is 0.266 e. The van der Waals surface area contributed by atoms with Crippen LogP contribution in [0, 0.1) is 0 Å². The lowest BCUT2D eigenvalue weighted by Crippen LogP contribution is -2.54. The lowest BCUT2D eigenvalue weighted by Gasteiger charge is -2.43. The standard InChI is InChI=1S/C37H35N7O7/c38-33-27(19-25(41-42-33)23-9-4-5-11-28(23)45)43-17-15-37(16-18-43,22-7-2-1-3-8-22)21-39-31(47)20-51-29-12-6-10-24-32(29)36(50)44(35(24)49)26-13-14-30(46)40-34(26)48/h1-12,19,26,45H,13-18,20-21H2,(H2,38,42)(H,39,47)(H,40,46,48). The second kappa shape index (κ2) is 13.5. The van der Waals surface area contributed by atoms with Gasteiger partial charge < -0.3 is 25.8 Å². The molecular weight excluding hydrogens is 654 g/mol. The van der Waals surface area contributed by atoms with Crippen LogP contribution < -0.4 is 26.0 Å². The molecule has 2 saturated heterocycles. The average molecular weight is 690 g/mol. The number of ether oxygens (including phenoxy) is 1. The molecule has 1 aromatic heterocycles. The van der Waals surface area contributed by atoms with Crippen LogP contribution in [-0.2, 0) is 19.8 Å². The van der Waals surface area contributed by atoms with Gasteiger partial charge in [0.2, 0.25) is 11.8 Å². The van der Waals surface area contributed by atoms with Crippen LogP contribution in [0.4, 0.5) is 11.5 Å². The number of anilines is 2. The molecule has 7 rings (SSSR count). The van der Waals surface area contributed by atoms with Crippen LogP contribution in [0.15, 0.2) is 78.9 Å². The number of nitrogen functional groups attached to an aromatic ring is 1. The summed E-state index contributed by atoms with van der Waals surface area (Å²) < 4.78 is 5.81. The molecule has 1 atom stereocenters. The van der Waals surface area contributed by atoms with Crippen molar-refractivity contribution in [3.63, 3.8) is 0 Å². The van der Waals surface area contributed by atoms with E-state index < -0.39 is 47.6 Å². The van der Waals surface area contributed by atoms with Crippen molar-refractivity contribution in [2.75, 3.05) is 36.9 Å². The molecule has 0 radical (unpaired) electrons. The number of fused-ring (bicyclic) bond motifs is 1. The zero-order valence-corrected chi connectivity index (χ0v) is 27.5. The Labute approximate surface area is 292 Å². The van der Waals surface area contributed by atoms with Crippen LogP contribution in [0.3, 0.4) is 0 Å². The molecule has 4 heterocycles. The highest BCUT2D eigenvalue weighted by Gasteiger charge is 2.46. The van der Waals surface area contributed by atoms with Crippen molar-refractivity contribution in [1.29, 1.82) is 0 Å². The van der Waals surface area contributed by atoms with Crippen LogP contribution in [0.2, 0.25) is 0 Å². The van der Waals surface area contributed by atoms with E-state index in [2.05, 4.69) is 25.7 Å². The third-order valence-electron chi connectivity index (χ3n) is 9.84. The highest BCUT2D eigenvalue weighted by atomic mass is 16.5. The molecule has 3 aliphatic rings. The van der Waals surface area contributed by atoms with Gasteiger partial charge in [-0.3, -0.25) is 34.2 Å². The van der Waals surface area contributed by atoms with Crippen LogP contribution in [0.25, 0.3) is 11.3 Å². The van der Waals surface area contributed by atoms with E-state index >= 15 is 0 Å². The maximum atomic E-state index is 13.4. The summed E-state index contributed by atoms with van der Waals surface area (Å²) in [5, 5.41) is 23.9. The number of nitrogens with one attached hydrogen (secondary N) is 2. The Kier molecular flexibility index (Phi) is 8.81. The van der Waals surface area contributed by atoms with Crippen LogP contribution in [0.5, 0.6) is 11.5 Å². The van der Waals surface area contributed by atoms with E-state index in [-0.39, 0.29) is 41.3 Å². The molecule has 0 aliphatic carbocycles. The van der Waals surface area contributed by atoms with Gasteiger partial charge in [0.05, 0.1) is 22.5 Å². The summed E-state index contributed by atoms with van der Waals surface area (Å²) in [6, 6.07) is 22.1. The number of hydrogen-bond acceptors (Lipinski definition) is 11. The number of phenols is 1. The first kappa shape index (κ1) is 33.2. The topological polar surface area (TPSA) is 197 Å². The predicted octanol–water partition coefficient (Wildman–Crippen LogP) is 2.57. The van der Waals surface area contributed by atoms with Gasteiger partial charge in [-0.05, 0) is 55.2 Å². The molecule has 14 heteroatoms. The van der Waals surface area contributed by atoms with Gasteiger partial charge in [0.25, 0.3) is 17.7 Å². The number of carbonyl (C=O) groups is 5. The fraction of sp³-hybridized carbons (Fsp3) is 0.270. The molecular formula is C37H35N7O7. The van der Waals surface area contributed by atoms with Crippen molar-refractivity contribution in [2.45, 2.75) is 37.1 Å². The summed E-state index contributed by atoms with van der Waals surface area (Å²) in [5.41, 5.74) is 8.74. The molecule has 1 unspecified atom stereocenters. The Morgan fingerprint density at radius 1 is 0.941 bits per heavy atom. The quantitative estimate of drug-likeness (QED) is 0.189. The normalized spacial score (nSPS) is 18.3. The second-order valence-corrected chi connectivity index (χ2v) is 12.8. The average Bonchev–Trinajstić information content (AvgIpc) is 3.40. The Morgan fingerprint density at radius 3 is 2.41 bits per heavy atom. The Hall–Kier alpha value is -6.31. The van der Waals surface area contributed by atoms with Gasteiger partial charge in [0.15, 0.2) is 12.4 Å². The Balaban J connectivity index is 1.03.